The minimum atomic E-state index is -1.20. The first-order valence-electron chi connectivity index (χ1n) is 11.1. The third-order valence-corrected chi connectivity index (χ3v) is 6.11. The van der Waals surface area contributed by atoms with E-state index in [1.54, 1.807) is 34.6 Å². The molecule has 182 valence electrons. The van der Waals surface area contributed by atoms with Crippen LogP contribution in [-0.2, 0) is 28.5 Å². The minimum absolute atomic E-state index is 0.0620. The molecule has 8 heteroatoms. The topological polar surface area (TPSA) is 83.5 Å². The van der Waals surface area contributed by atoms with Gasteiger partial charge in [0.25, 0.3) is 0 Å². The lowest BCUT2D eigenvalue weighted by Gasteiger charge is -2.39. The zero-order valence-electron chi connectivity index (χ0n) is 20.5. The number of hydrogen-bond donors (Lipinski definition) is 0. The van der Waals surface area contributed by atoms with Crippen LogP contribution in [0.25, 0.3) is 0 Å². The van der Waals surface area contributed by atoms with Crippen LogP contribution in [0.2, 0.25) is 0 Å². The SMILES string of the molecule is C=C(C)[C@@H]1OC(C)(C)O[C@@H]1[C@@H](OCOC)C(C)(C)C(=O)N1C(=O)O[C@@H](C)[C@H]1c1ccccc1. The van der Waals surface area contributed by atoms with Crippen LogP contribution >= 0.6 is 0 Å². The van der Waals surface area contributed by atoms with E-state index in [2.05, 4.69) is 6.58 Å². The highest BCUT2D eigenvalue weighted by molar-refractivity contribution is 5.97. The molecule has 0 bridgehead atoms. The van der Waals surface area contributed by atoms with Gasteiger partial charge in [0, 0.05) is 7.11 Å². The lowest BCUT2D eigenvalue weighted by Crippen LogP contribution is -2.55. The summed E-state index contributed by atoms with van der Waals surface area (Å²) in [7, 11) is 1.50. The Morgan fingerprint density at radius 3 is 2.45 bits per heavy atom. The Morgan fingerprint density at radius 2 is 1.88 bits per heavy atom. The maximum atomic E-state index is 14.0. The summed E-state index contributed by atoms with van der Waals surface area (Å²) in [5.41, 5.74) is 0.364. The minimum Gasteiger partial charge on any atom is -0.443 e. The second-order valence-corrected chi connectivity index (χ2v) is 9.70. The molecule has 3 rings (SSSR count). The Kier molecular flexibility index (Phi) is 7.33. The van der Waals surface area contributed by atoms with Crippen molar-refractivity contribution in [1.29, 1.82) is 0 Å². The molecular formula is C25H35NO7. The lowest BCUT2D eigenvalue weighted by atomic mass is 9.79. The Morgan fingerprint density at radius 1 is 1.24 bits per heavy atom. The van der Waals surface area contributed by atoms with Crippen molar-refractivity contribution < 1.29 is 33.3 Å². The van der Waals surface area contributed by atoms with Gasteiger partial charge in [-0.05, 0) is 52.7 Å². The molecule has 2 saturated heterocycles. The Hall–Kier alpha value is -2.26. The molecule has 1 aromatic carbocycles. The van der Waals surface area contributed by atoms with Gasteiger partial charge in [0.1, 0.15) is 37.3 Å². The van der Waals surface area contributed by atoms with Crippen molar-refractivity contribution in [1.82, 2.24) is 4.90 Å². The zero-order valence-corrected chi connectivity index (χ0v) is 20.5. The number of rotatable bonds is 8. The average Bonchev–Trinajstić information content (AvgIpc) is 3.22. The molecule has 0 aliphatic carbocycles. The van der Waals surface area contributed by atoms with Crippen LogP contribution in [0.4, 0.5) is 4.79 Å². The van der Waals surface area contributed by atoms with Gasteiger partial charge in [0.05, 0.1) is 5.41 Å². The molecule has 1 aromatic rings. The highest BCUT2D eigenvalue weighted by Crippen LogP contribution is 2.43. The molecule has 0 radical (unpaired) electrons. The third kappa shape index (κ3) is 4.99. The Bertz CT molecular complexity index is 882. The van der Waals surface area contributed by atoms with Crippen LogP contribution in [0.3, 0.4) is 0 Å². The summed E-state index contributed by atoms with van der Waals surface area (Å²) in [6, 6.07) is 8.82. The Balaban J connectivity index is 1.99. The fraction of sp³-hybridized carbons (Fsp3) is 0.600. The summed E-state index contributed by atoms with van der Waals surface area (Å²) in [6.07, 6.45) is -3.11. The predicted octanol–water partition coefficient (Wildman–Crippen LogP) is 4.21. The monoisotopic (exact) mass is 461 g/mol. The van der Waals surface area contributed by atoms with E-state index in [0.717, 1.165) is 11.1 Å². The highest BCUT2D eigenvalue weighted by Gasteiger charge is 2.56. The lowest BCUT2D eigenvalue weighted by molar-refractivity contribution is -0.195. The summed E-state index contributed by atoms with van der Waals surface area (Å²) >= 11 is 0. The van der Waals surface area contributed by atoms with Gasteiger partial charge >= 0.3 is 6.09 Å². The van der Waals surface area contributed by atoms with Crippen molar-refractivity contribution in [3.8, 4) is 0 Å². The number of carbonyl (C=O) groups is 2. The fourth-order valence-corrected chi connectivity index (χ4v) is 4.56. The molecule has 2 aliphatic heterocycles. The van der Waals surface area contributed by atoms with E-state index in [0.29, 0.717) is 0 Å². The third-order valence-electron chi connectivity index (χ3n) is 6.11. The van der Waals surface area contributed by atoms with Crippen LogP contribution in [-0.4, -0.2) is 61.0 Å². The molecule has 2 amide bonds. The van der Waals surface area contributed by atoms with Gasteiger partial charge in [-0.1, -0.05) is 36.9 Å². The second kappa shape index (κ2) is 9.54. The summed E-state index contributed by atoms with van der Waals surface area (Å²) < 4.78 is 28.9. The fourth-order valence-electron chi connectivity index (χ4n) is 4.56. The highest BCUT2D eigenvalue weighted by atomic mass is 16.8. The summed E-state index contributed by atoms with van der Waals surface area (Å²) in [5, 5.41) is 0. The van der Waals surface area contributed by atoms with Gasteiger partial charge in [0.2, 0.25) is 5.91 Å². The maximum Gasteiger partial charge on any atom is 0.417 e. The Labute approximate surface area is 195 Å². The molecule has 2 heterocycles. The first-order chi connectivity index (χ1) is 15.4. The number of cyclic esters (lactones) is 1. The van der Waals surface area contributed by atoms with Gasteiger partial charge in [0.15, 0.2) is 5.79 Å². The van der Waals surface area contributed by atoms with Crippen molar-refractivity contribution in [2.45, 2.75) is 77.8 Å². The summed E-state index contributed by atoms with van der Waals surface area (Å²) in [4.78, 5) is 28.0. The molecule has 0 unspecified atom stereocenters. The molecule has 0 saturated carbocycles. The van der Waals surface area contributed by atoms with E-state index in [4.69, 9.17) is 23.7 Å². The number of ether oxygens (including phenoxy) is 5. The van der Waals surface area contributed by atoms with Crippen LogP contribution in [0.15, 0.2) is 42.5 Å². The maximum absolute atomic E-state index is 14.0. The number of imide groups is 1. The van der Waals surface area contributed by atoms with Crippen molar-refractivity contribution >= 4 is 12.0 Å². The smallest absolute Gasteiger partial charge is 0.417 e. The van der Waals surface area contributed by atoms with E-state index >= 15 is 0 Å². The first-order valence-corrected chi connectivity index (χ1v) is 11.1. The van der Waals surface area contributed by atoms with Crippen molar-refractivity contribution in [3.63, 3.8) is 0 Å². The van der Waals surface area contributed by atoms with Crippen molar-refractivity contribution in [2.24, 2.45) is 5.41 Å². The quantitative estimate of drug-likeness (QED) is 0.424. The number of amides is 2. The first kappa shape index (κ1) is 25.4. The normalized spacial score (nSPS) is 28.0. The number of hydrogen-bond acceptors (Lipinski definition) is 7. The molecule has 5 atom stereocenters. The van der Waals surface area contributed by atoms with Gasteiger partial charge in [-0.3, -0.25) is 4.79 Å². The van der Waals surface area contributed by atoms with Crippen molar-refractivity contribution in [2.75, 3.05) is 13.9 Å². The van der Waals surface area contributed by atoms with E-state index in [1.807, 2.05) is 37.3 Å². The van der Waals surface area contributed by atoms with E-state index in [-0.39, 0.29) is 6.79 Å². The van der Waals surface area contributed by atoms with Gasteiger partial charge in [-0.2, -0.15) is 0 Å². The molecule has 2 aliphatic rings. The van der Waals surface area contributed by atoms with E-state index in [1.165, 1.54) is 12.0 Å². The molecule has 2 fully saturated rings. The van der Waals surface area contributed by atoms with Gasteiger partial charge in [-0.25, -0.2) is 9.69 Å². The summed E-state index contributed by atoms with van der Waals surface area (Å²) in [6.45, 7) is 14.7. The van der Waals surface area contributed by atoms with Crippen LogP contribution < -0.4 is 0 Å². The molecule has 0 N–H and O–H groups in total. The predicted molar refractivity (Wildman–Crippen MR) is 121 cm³/mol. The zero-order chi connectivity index (χ0) is 24.6. The number of benzene rings is 1. The second-order valence-electron chi connectivity index (χ2n) is 9.70. The molecule has 0 spiro atoms. The number of methoxy groups -OCH3 is 1. The van der Waals surface area contributed by atoms with Gasteiger partial charge < -0.3 is 23.7 Å². The van der Waals surface area contributed by atoms with Crippen molar-refractivity contribution in [3.05, 3.63) is 48.0 Å². The van der Waals surface area contributed by atoms with E-state index < -0.39 is 53.7 Å². The molecule has 0 aromatic heterocycles. The standard InChI is InChI=1S/C25H35NO7/c1-15(2)19-20(33-25(6,7)32-19)21(30-14-29-8)24(4,5)22(27)26-18(16(3)31-23(26)28)17-12-10-9-11-13-17/h9-13,16,18-21H,1,14H2,2-8H3/t16-,18-,19-,20-,21+/m0/s1. The summed E-state index contributed by atoms with van der Waals surface area (Å²) in [5.74, 6) is -1.32. The number of carbonyl (C=O) groups excluding carboxylic acids is 2. The number of nitrogens with zero attached hydrogens (tertiary/aromatic N) is 1. The largest absolute Gasteiger partial charge is 0.443 e. The van der Waals surface area contributed by atoms with Crippen LogP contribution in [0, 0.1) is 5.41 Å². The van der Waals surface area contributed by atoms with E-state index in [9.17, 15) is 9.59 Å². The van der Waals surface area contributed by atoms with Crippen LogP contribution in [0.5, 0.6) is 0 Å². The van der Waals surface area contributed by atoms with Gasteiger partial charge in [-0.15, -0.1) is 0 Å². The molecule has 33 heavy (non-hydrogen) atoms. The average molecular weight is 462 g/mol. The molecule has 8 nitrogen and oxygen atoms in total. The molecular weight excluding hydrogens is 426 g/mol. The van der Waals surface area contributed by atoms with Crippen LogP contribution in [0.1, 0.15) is 53.1 Å².